The Hall–Kier alpha value is -2.44. The van der Waals surface area contributed by atoms with Gasteiger partial charge in [-0.1, -0.05) is 0 Å². The number of carbonyl (C=O) groups is 2. The fourth-order valence-corrected chi connectivity index (χ4v) is 1.44. The number of rotatable bonds is 5. The van der Waals surface area contributed by atoms with Crippen LogP contribution >= 0.6 is 0 Å². The molecule has 0 aliphatic rings. The van der Waals surface area contributed by atoms with E-state index in [4.69, 9.17) is 4.74 Å². The predicted octanol–water partition coefficient (Wildman–Crippen LogP) is 2.26. The number of hydrogen-bond acceptors (Lipinski definition) is 6. The molecular weight excluding hydrogens is 254 g/mol. The van der Waals surface area contributed by atoms with Gasteiger partial charge >= 0.3 is 6.16 Å². The highest BCUT2D eigenvalue weighted by Crippen LogP contribution is 2.26. The van der Waals surface area contributed by atoms with Crippen molar-refractivity contribution >= 4 is 17.6 Å². The molecular formula is C12H13NO6. The van der Waals surface area contributed by atoms with Gasteiger partial charge in [0.05, 0.1) is 18.1 Å². The SMILES string of the molecule is COC(=O)Oc1ccc(CCC(C)=O)c([N+](=O)[O-])c1. The van der Waals surface area contributed by atoms with Gasteiger partial charge in [-0.25, -0.2) is 4.79 Å². The molecule has 0 heterocycles. The fourth-order valence-electron chi connectivity index (χ4n) is 1.44. The Balaban J connectivity index is 2.97. The predicted molar refractivity (Wildman–Crippen MR) is 65.1 cm³/mol. The maximum atomic E-state index is 10.9. The van der Waals surface area contributed by atoms with Gasteiger partial charge in [-0.05, 0) is 25.5 Å². The fraction of sp³-hybridized carbons (Fsp3) is 0.333. The summed E-state index contributed by atoms with van der Waals surface area (Å²) < 4.78 is 8.99. The molecule has 0 aliphatic heterocycles. The first kappa shape index (κ1) is 14.6. The van der Waals surface area contributed by atoms with Gasteiger partial charge in [0.2, 0.25) is 0 Å². The van der Waals surface area contributed by atoms with E-state index < -0.39 is 11.1 Å². The molecule has 0 spiro atoms. The van der Waals surface area contributed by atoms with Crippen LogP contribution < -0.4 is 4.74 Å². The average Bonchev–Trinajstić information content (AvgIpc) is 2.36. The van der Waals surface area contributed by atoms with Gasteiger partial charge in [0, 0.05) is 12.0 Å². The maximum Gasteiger partial charge on any atom is 0.513 e. The van der Waals surface area contributed by atoms with Crippen molar-refractivity contribution in [2.45, 2.75) is 19.8 Å². The van der Waals surface area contributed by atoms with Gasteiger partial charge in [-0.3, -0.25) is 10.1 Å². The lowest BCUT2D eigenvalue weighted by Gasteiger charge is -2.05. The van der Waals surface area contributed by atoms with Crippen molar-refractivity contribution in [1.29, 1.82) is 0 Å². The van der Waals surface area contributed by atoms with Crippen LogP contribution in [0.15, 0.2) is 18.2 Å². The van der Waals surface area contributed by atoms with E-state index in [1.807, 2.05) is 0 Å². The lowest BCUT2D eigenvalue weighted by molar-refractivity contribution is -0.385. The zero-order valence-electron chi connectivity index (χ0n) is 10.5. The van der Waals surface area contributed by atoms with Crippen LogP contribution in [0.4, 0.5) is 10.5 Å². The molecule has 0 saturated heterocycles. The molecule has 0 bridgehead atoms. The standard InChI is InChI=1S/C12H13NO6/c1-8(14)3-4-9-5-6-10(19-12(15)18-2)7-11(9)13(16)17/h5-7H,3-4H2,1-2H3. The third-order valence-corrected chi connectivity index (χ3v) is 2.37. The van der Waals surface area contributed by atoms with Crippen molar-refractivity contribution in [3.63, 3.8) is 0 Å². The number of hydrogen-bond donors (Lipinski definition) is 0. The zero-order chi connectivity index (χ0) is 14.4. The van der Waals surface area contributed by atoms with E-state index >= 15 is 0 Å². The number of aryl methyl sites for hydroxylation is 1. The van der Waals surface area contributed by atoms with Crippen molar-refractivity contribution in [2.24, 2.45) is 0 Å². The summed E-state index contributed by atoms with van der Waals surface area (Å²) in [7, 11) is 1.14. The molecule has 1 aromatic carbocycles. The van der Waals surface area contributed by atoms with Crippen molar-refractivity contribution in [3.05, 3.63) is 33.9 Å². The first-order chi connectivity index (χ1) is 8.93. The molecule has 1 rings (SSSR count). The van der Waals surface area contributed by atoms with Crippen LogP contribution in [0.2, 0.25) is 0 Å². The molecule has 0 atom stereocenters. The Morgan fingerprint density at radius 1 is 1.37 bits per heavy atom. The van der Waals surface area contributed by atoms with Gasteiger partial charge in [0.1, 0.15) is 11.5 Å². The first-order valence-electron chi connectivity index (χ1n) is 5.46. The summed E-state index contributed by atoms with van der Waals surface area (Å²) in [6.07, 6.45) is -0.465. The average molecular weight is 267 g/mol. The summed E-state index contributed by atoms with van der Waals surface area (Å²) in [4.78, 5) is 32.1. The van der Waals surface area contributed by atoms with E-state index in [-0.39, 0.29) is 30.1 Å². The minimum absolute atomic E-state index is 0.0186. The highest BCUT2D eigenvalue weighted by molar-refractivity contribution is 5.76. The second kappa shape index (κ2) is 6.48. The van der Waals surface area contributed by atoms with Crippen LogP contribution in [0.3, 0.4) is 0 Å². The monoisotopic (exact) mass is 267 g/mol. The Morgan fingerprint density at radius 3 is 2.58 bits per heavy atom. The summed E-state index contributed by atoms with van der Waals surface area (Å²) in [5, 5.41) is 10.9. The number of nitrogens with zero attached hydrogens (tertiary/aromatic N) is 1. The lowest BCUT2D eigenvalue weighted by Crippen LogP contribution is -2.08. The van der Waals surface area contributed by atoms with E-state index in [2.05, 4.69) is 4.74 Å². The highest BCUT2D eigenvalue weighted by atomic mass is 16.7. The normalized spacial score (nSPS) is 9.79. The molecule has 0 fully saturated rings. The minimum atomic E-state index is -0.953. The summed E-state index contributed by atoms with van der Waals surface area (Å²) >= 11 is 0. The number of nitro benzene ring substituents is 1. The van der Waals surface area contributed by atoms with Gasteiger partial charge in [0.25, 0.3) is 5.69 Å². The molecule has 1 aromatic rings. The second-order valence-corrected chi connectivity index (χ2v) is 3.81. The van der Waals surface area contributed by atoms with Gasteiger partial charge in [-0.2, -0.15) is 0 Å². The van der Waals surface area contributed by atoms with Crippen LogP contribution in [-0.2, 0) is 16.0 Å². The van der Waals surface area contributed by atoms with Crippen LogP contribution in [0, 0.1) is 10.1 Å². The number of ether oxygens (including phenoxy) is 2. The van der Waals surface area contributed by atoms with Crippen molar-refractivity contribution in [2.75, 3.05) is 7.11 Å². The summed E-state index contributed by atoms with van der Waals surface area (Å²) in [6.45, 7) is 1.42. The van der Waals surface area contributed by atoms with Crippen molar-refractivity contribution in [3.8, 4) is 5.75 Å². The van der Waals surface area contributed by atoms with Gasteiger partial charge < -0.3 is 14.3 Å². The van der Waals surface area contributed by atoms with Crippen LogP contribution in [0.1, 0.15) is 18.9 Å². The third kappa shape index (κ3) is 4.38. The molecule has 102 valence electrons. The Morgan fingerprint density at radius 2 is 2.05 bits per heavy atom. The molecule has 0 aliphatic carbocycles. The van der Waals surface area contributed by atoms with Crippen LogP contribution in [0.25, 0.3) is 0 Å². The molecule has 7 nitrogen and oxygen atoms in total. The van der Waals surface area contributed by atoms with E-state index in [0.717, 1.165) is 13.2 Å². The third-order valence-electron chi connectivity index (χ3n) is 2.37. The number of methoxy groups -OCH3 is 1. The molecule has 0 N–H and O–H groups in total. The van der Waals surface area contributed by atoms with Gasteiger partial charge in [-0.15, -0.1) is 0 Å². The highest BCUT2D eigenvalue weighted by Gasteiger charge is 2.16. The minimum Gasteiger partial charge on any atom is -0.437 e. The van der Waals surface area contributed by atoms with Gasteiger partial charge in [0.15, 0.2) is 0 Å². The van der Waals surface area contributed by atoms with Crippen molar-refractivity contribution in [1.82, 2.24) is 0 Å². The number of nitro groups is 1. The molecule has 0 radical (unpaired) electrons. The molecule has 7 heteroatoms. The molecule has 0 amide bonds. The topological polar surface area (TPSA) is 95.7 Å². The van der Waals surface area contributed by atoms with E-state index in [9.17, 15) is 19.7 Å². The Kier molecular flexibility index (Phi) is 4.99. The smallest absolute Gasteiger partial charge is 0.437 e. The van der Waals surface area contributed by atoms with E-state index in [1.54, 1.807) is 0 Å². The summed E-state index contributed by atoms with van der Waals surface area (Å²) in [6, 6.07) is 4.01. The van der Waals surface area contributed by atoms with Crippen molar-refractivity contribution < 1.29 is 24.0 Å². The largest absolute Gasteiger partial charge is 0.513 e. The molecule has 0 aromatic heterocycles. The summed E-state index contributed by atoms with van der Waals surface area (Å²) in [5.74, 6) is -0.0330. The molecule has 19 heavy (non-hydrogen) atoms. The number of ketones is 1. The number of benzene rings is 1. The number of Topliss-reactive ketones (excluding diaryl/α,β-unsaturated/α-hetero) is 1. The van der Waals surface area contributed by atoms with E-state index in [0.29, 0.717) is 5.56 Å². The quantitative estimate of drug-likeness (QED) is 0.351. The number of carbonyl (C=O) groups excluding carboxylic acids is 2. The molecule has 0 saturated carbocycles. The van der Waals surface area contributed by atoms with Crippen LogP contribution in [-0.4, -0.2) is 24.0 Å². The van der Waals surface area contributed by atoms with E-state index in [1.165, 1.54) is 19.1 Å². The Bertz CT molecular complexity index is 511. The Labute approximate surface area is 109 Å². The van der Waals surface area contributed by atoms with Crippen LogP contribution in [0.5, 0.6) is 5.75 Å². The zero-order valence-corrected chi connectivity index (χ0v) is 10.5. The second-order valence-electron chi connectivity index (χ2n) is 3.81. The molecule has 0 unspecified atom stereocenters. The summed E-state index contributed by atoms with van der Waals surface area (Å²) in [5.41, 5.74) is 0.222. The maximum absolute atomic E-state index is 10.9. The first-order valence-corrected chi connectivity index (χ1v) is 5.46. The lowest BCUT2D eigenvalue weighted by atomic mass is 10.1.